The third-order valence-electron chi connectivity index (χ3n) is 2.61. The van der Waals surface area contributed by atoms with Gasteiger partial charge in [0.05, 0.1) is 5.88 Å². The first-order valence-corrected chi connectivity index (χ1v) is 5.09. The summed E-state index contributed by atoms with van der Waals surface area (Å²) in [4.78, 5) is 0. The van der Waals surface area contributed by atoms with Crippen molar-refractivity contribution in [1.29, 1.82) is 0 Å². The second kappa shape index (κ2) is 3.22. The molecular formula is C11H13ClO. The fourth-order valence-corrected chi connectivity index (χ4v) is 1.66. The summed E-state index contributed by atoms with van der Waals surface area (Å²) in [6.07, 6.45) is 1.25. The molecule has 2 atom stereocenters. The topological polar surface area (TPSA) is 13.1 Å². The smallest absolute Gasteiger partial charge is 0.130 e. The van der Waals surface area contributed by atoms with Crippen molar-refractivity contribution in [2.24, 2.45) is 5.92 Å². The molecule has 2 unspecified atom stereocenters. The number of furan rings is 1. The average Bonchev–Trinajstić information content (AvgIpc) is 2.70. The Bertz CT molecular complexity index is 327. The average molecular weight is 197 g/mol. The number of halogens is 1. The van der Waals surface area contributed by atoms with E-state index in [2.05, 4.69) is 13.5 Å². The number of alkyl halides is 1. The van der Waals surface area contributed by atoms with E-state index in [-0.39, 0.29) is 0 Å². The van der Waals surface area contributed by atoms with E-state index in [0.717, 1.165) is 23.0 Å². The predicted molar refractivity (Wildman–Crippen MR) is 55.0 cm³/mol. The second-order valence-electron chi connectivity index (χ2n) is 3.76. The summed E-state index contributed by atoms with van der Waals surface area (Å²) in [6, 6.07) is 4.01. The van der Waals surface area contributed by atoms with Crippen LogP contribution in [0.3, 0.4) is 0 Å². The van der Waals surface area contributed by atoms with Crippen molar-refractivity contribution in [1.82, 2.24) is 0 Å². The molecule has 0 spiro atoms. The molecule has 0 saturated heterocycles. The maximum absolute atomic E-state index is 5.66. The van der Waals surface area contributed by atoms with Gasteiger partial charge in [-0.25, -0.2) is 0 Å². The molecule has 1 aromatic rings. The molecule has 2 rings (SSSR count). The number of hydrogen-bond acceptors (Lipinski definition) is 1. The molecule has 1 heterocycles. The molecule has 1 aliphatic rings. The molecule has 0 aromatic carbocycles. The van der Waals surface area contributed by atoms with Gasteiger partial charge < -0.3 is 4.42 Å². The first-order valence-electron chi connectivity index (χ1n) is 4.56. The highest BCUT2D eigenvalue weighted by Gasteiger charge is 2.36. The van der Waals surface area contributed by atoms with Crippen molar-refractivity contribution in [2.45, 2.75) is 19.3 Å². The Morgan fingerprint density at radius 1 is 1.69 bits per heavy atom. The summed E-state index contributed by atoms with van der Waals surface area (Å²) in [7, 11) is 0. The Morgan fingerprint density at radius 3 is 2.92 bits per heavy atom. The van der Waals surface area contributed by atoms with E-state index in [4.69, 9.17) is 16.0 Å². The van der Waals surface area contributed by atoms with Gasteiger partial charge in [0.15, 0.2) is 0 Å². The van der Waals surface area contributed by atoms with Crippen LogP contribution in [-0.2, 0) is 0 Å². The van der Waals surface area contributed by atoms with Gasteiger partial charge in [0.25, 0.3) is 0 Å². The van der Waals surface area contributed by atoms with Gasteiger partial charge in [-0.15, -0.1) is 11.6 Å². The molecule has 0 amide bonds. The van der Waals surface area contributed by atoms with E-state index < -0.39 is 0 Å². The molecular weight excluding hydrogens is 184 g/mol. The zero-order valence-electron chi connectivity index (χ0n) is 7.72. The molecule has 2 heteroatoms. The van der Waals surface area contributed by atoms with E-state index in [0.29, 0.717) is 11.8 Å². The van der Waals surface area contributed by atoms with Crippen LogP contribution in [-0.4, -0.2) is 5.88 Å². The molecule has 0 bridgehead atoms. The zero-order valence-corrected chi connectivity index (χ0v) is 8.47. The van der Waals surface area contributed by atoms with Crippen LogP contribution in [0.1, 0.15) is 30.8 Å². The van der Waals surface area contributed by atoms with Gasteiger partial charge in [-0.1, -0.05) is 13.5 Å². The molecule has 1 aliphatic carbocycles. The van der Waals surface area contributed by atoms with Gasteiger partial charge in [0.1, 0.15) is 11.5 Å². The lowest BCUT2D eigenvalue weighted by Crippen LogP contribution is -1.79. The molecule has 1 saturated carbocycles. The Labute approximate surface area is 83.4 Å². The summed E-state index contributed by atoms with van der Waals surface area (Å²) in [5.74, 6) is 3.78. The maximum atomic E-state index is 5.66. The van der Waals surface area contributed by atoms with Gasteiger partial charge in [0.2, 0.25) is 0 Å². The first-order chi connectivity index (χ1) is 6.22. The van der Waals surface area contributed by atoms with Crippen LogP contribution in [0.4, 0.5) is 0 Å². The van der Waals surface area contributed by atoms with E-state index in [9.17, 15) is 0 Å². The Balaban J connectivity index is 2.14. The van der Waals surface area contributed by atoms with Crippen LogP contribution in [0.2, 0.25) is 0 Å². The molecule has 1 fully saturated rings. The first kappa shape index (κ1) is 8.89. The minimum absolute atomic E-state index is 0.438. The molecule has 0 N–H and O–H groups in total. The second-order valence-corrected chi connectivity index (χ2v) is 4.03. The largest absolute Gasteiger partial charge is 0.461 e. The SMILES string of the molecule is C=C(CCl)c1ccc(C2CC2C)o1. The Kier molecular flexibility index (Phi) is 2.20. The highest BCUT2D eigenvalue weighted by atomic mass is 35.5. The van der Waals surface area contributed by atoms with Gasteiger partial charge in [0, 0.05) is 11.5 Å². The fourth-order valence-electron chi connectivity index (χ4n) is 1.53. The quantitative estimate of drug-likeness (QED) is 0.673. The van der Waals surface area contributed by atoms with Crippen molar-refractivity contribution < 1.29 is 4.42 Å². The molecule has 0 aliphatic heterocycles. The van der Waals surface area contributed by atoms with Crippen LogP contribution in [0.15, 0.2) is 23.1 Å². The summed E-state index contributed by atoms with van der Waals surface area (Å²) >= 11 is 5.66. The Hall–Kier alpha value is -0.690. The molecule has 1 aromatic heterocycles. The lowest BCUT2D eigenvalue weighted by atomic mass is 10.2. The van der Waals surface area contributed by atoms with Gasteiger partial charge in [-0.2, -0.15) is 0 Å². The Morgan fingerprint density at radius 2 is 2.38 bits per heavy atom. The van der Waals surface area contributed by atoms with Crippen LogP contribution >= 0.6 is 11.6 Å². The van der Waals surface area contributed by atoms with Crippen LogP contribution in [0, 0.1) is 5.92 Å². The van der Waals surface area contributed by atoms with Crippen molar-refractivity contribution in [3.05, 3.63) is 30.2 Å². The summed E-state index contributed by atoms with van der Waals surface area (Å²) < 4.78 is 5.65. The zero-order chi connectivity index (χ0) is 9.42. The molecule has 70 valence electrons. The van der Waals surface area contributed by atoms with Crippen molar-refractivity contribution in [3.8, 4) is 0 Å². The van der Waals surface area contributed by atoms with Gasteiger partial charge in [-0.3, -0.25) is 0 Å². The minimum Gasteiger partial charge on any atom is -0.461 e. The van der Waals surface area contributed by atoms with E-state index in [1.807, 2.05) is 12.1 Å². The van der Waals surface area contributed by atoms with Crippen LogP contribution in [0.25, 0.3) is 5.57 Å². The van der Waals surface area contributed by atoms with Gasteiger partial charge in [-0.05, 0) is 24.5 Å². The minimum atomic E-state index is 0.438. The normalized spacial score (nSPS) is 26.0. The summed E-state index contributed by atoms with van der Waals surface area (Å²) in [5, 5.41) is 0. The highest BCUT2D eigenvalue weighted by Crippen LogP contribution is 2.47. The molecule has 0 radical (unpaired) electrons. The van der Waals surface area contributed by atoms with E-state index in [1.165, 1.54) is 6.42 Å². The predicted octanol–water partition coefficient (Wildman–Crippen LogP) is 3.66. The number of allylic oxidation sites excluding steroid dienone is 1. The summed E-state index contributed by atoms with van der Waals surface area (Å²) in [5.41, 5.74) is 0.862. The summed E-state index contributed by atoms with van der Waals surface area (Å²) in [6.45, 7) is 6.07. The van der Waals surface area contributed by atoms with Crippen molar-refractivity contribution in [2.75, 3.05) is 5.88 Å². The number of hydrogen-bond donors (Lipinski definition) is 0. The monoisotopic (exact) mass is 196 g/mol. The third kappa shape index (κ3) is 1.66. The van der Waals surface area contributed by atoms with Crippen LogP contribution in [0.5, 0.6) is 0 Å². The lowest BCUT2D eigenvalue weighted by molar-refractivity contribution is 0.495. The fraction of sp³-hybridized carbons (Fsp3) is 0.455. The third-order valence-corrected chi connectivity index (χ3v) is 2.93. The van der Waals surface area contributed by atoms with E-state index >= 15 is 0 Å². The number of rotatable bonds is 3. The lowest BCUT2D eigenvalue weighted by Gasteiger charge is -1.95. The van der Waals surface area contributed by atoms with E-state index in [1.54, 1.807) is 0 Å². The van der Waals surface area contributed by atoms with Gasteiger partial charge >= 0.3 is 0 Å². The van der Waals surface area contributed by atoms with Crippen molar-refractivity contribution in [3.63, 3.8) is 0 Å². The van der Waals surface area contributed by atoms with Crippen LogP contribution < -0.4 is 0 Å². The molecule has 13 heavy (non-hydrogen) atoms. The van der Waals surface area contributed by atoms with Crippen molar-refractivity contribution >= 4 is 17.2 Å². The standard InChI is InChI=1S/C11H13ClO/c1-7-5-9(7)11-4-3-10(13-11)8(2)6-12/h3-4,7,9H,2,5-6H2,1H3. The maximum Gasteiger partial charge on any atom is 0.130 e. The molecule has 1 nitrogen and oxygen atoms in total. The highest BCUT2D eigenvalue weighted by molar-refractivity contribution is 6.22.